The zero-order chi connectivity index (χ0) is 96.6. The third-order valence-corrected chi connectivity index (χ3v) is 35.6. The van der Waals surface area contributed by atoms with Gasteiger partial charge < -0.3 is 0 Å². The summed E-state index contributed by atoms with van der Waals surface area (Å²) in [6, 6.07) is 85.1. The Kier molecular flexibility index (Phi) is 27.7. The van der Waals surface area contributed by atoms with Gasteiger partial charge in [-0.15, -0.1) is 0 Å². The molecular formula is C125H119Cl3F3N5O5. The Labute approximate surface area is 839 Å². The van der Waals surface area contributed by atoms with Crippen molar-refractivity contribution in [1.82, 2.24) is 24.9 Å². The van der Waals surface area contributed by atoms with Crippen LogP contribution in [0, 0.1) is 74.1 Å². The number of nitrogens with zero attached hydrogens (tertiary/aromatic N) is 5. The number of rotatable bonds is 20. The van der Waals surface area contributed by atoms with Gasteiger partial charge in [-0.2, -0.15) is 0 Å². The van der Waals surface area contributed by atoms with Crippen molar-refractivity contribution in [2.24, 2.45) is 56.7 Å². The number of carbonyl (C=O) groups is 5. The number of ketones is 5. The molecule has 10 aliphatic rings. The van der Waals surface area contributed by atoms with Crippen LogP contribution in [0.25, 0.3) is 54.5 Å². The zero-order valence-corrected chi connectivity index (χ0v) is 82.1. The van der Waals surface area contributed by atoms with E-state index in [9.17, 15) is 37.1 Å². The maximum absolute atomic E-state index is 13.8. The molecule has 0 N–H and O–H groups in total. The van der Waals surface area contributed by atoms with E-state index in [0.717, 1.165) is 181 Å². The van der Waals surface area contributed by atoms with E-state index in [4.69, 9.17) is 34.8 Å². The first kappa shape index (κ1) is 95.4. The SMILES string of the molecule is O=C(Cc1ccc(Cl)cc1)C1CC12CCC(c1ccnc3ccc(F)cc13)CC2.O=C(Cc1ccc(Cl)cc1)[C@@H]1CC12CCC(c1ccnc3ccc(F)cc13)CC2.O=C(Cc1ccc(Cl)cc1)[C@H]1CC12CCC(c1ccnc3ccc(F)cc13)CC2.O=C(Cc1ccccc1)C1CC12CCC(c1ccnc3ccccc13)CC2.O=C(Cc1ccccc1)[C@H]1CC12CCC(c1ccnc3ccccc13)CC2. The van der Waals surface area contributed by atoms with Crippen LogP contribution in [0.2, 0.25) is 15.1 Å². The normalized spacial score (nSPS) is 26.4. The molecule has 10 aliphatic carbocycles. The summed E-state index contributed by atoms with van der Waals surface area (Å²) in [5, 5.41) is 7.49. The van der Waals surface area contributed by atoms with Crippen molar-refractivity contribution >= 4 is 118 Å². The van der Waals surface area contributed by atoms with Gasteiger partial charge in [0.1, 0.15) is 46.4 Å². The predicted molar refractivity (Wildman–Crippen MR) is 558 cm³/mol. The number of fused-ring (bicyclic) bond motifs is 5. The van der Waals surface area contributed by atoms with Crippen LogP contribution in [0.1, 0.15) is 246 Å². The molecule has 16 heteroatoms. The fourth-order valence-electron chi connectivity index (χ4n) is 26.4. The third-order valence-electron chi connectivity index (χ3n) is 34.9. The molecule has 5 atom stereocenters. The molecule has 716 valence electrons. The van der Waals surface area contributed by atoms with Crippen molar-refractivity contribution in [2.75, 3.05) is 0 Å². The number of carbonyl (C=O) groups excluding carboxylic acids is 5. The zero-order valence-electron chi connectivity index (χ0n) is 79.8. The summed E-state index contributed by atoms with van der Waals surface area (Å²) in [5.41, 5.74) is 17.9. The van der Waals surface area contributed by atoms with Gasteiger partial charge in [0, 0.05) is 135 Å². The van der Waals surface area contributed by atoms with Crippen LogP contribution in [0.4, 0.5) is 13.2 Å². The van der Waals surface area contributed by atoms with Crippen LogP contribution in [0.15, 0.2) is 298 Å². The van der Waals surface area contributed by atoms with Gasteiger partial charge in [0.25, 0.3) is 0 Å². The summed E-state index contributed by atoms with van der Waals surface area (Å²) in [6.45, 7) is 0. The number of para-hydroxylation sites is 2. The summed E-state index contributed by atoms with van der Waals surface area (Å²) < 4.78 is 41.4. The van der Waals surface area contributed by atoms with Gasteiger partial charge in [-0.1, -0.05) is 168 Å². The van der Waals surface area contributed by atoms with Gasteiger partial charge in [0.05, 0.1) is 27.6 Å². The van der Waals surface area contributed by atoms with E-state index in [1.165, 1.54) is 108 Å². The van der Waals surface area contributed by atoms with Crippen LogP contribution in [-0.4, -0.2) is 53.8 Å². The predicted octanol–water partition coefficient (Wildman–Crippen LogP) is 30.9. The lowest BCUT2D eigenvalue weighted by Crippen LogP contribution is -2.20. The molecule has 10 fully saturated rings. The lowest BCUT2D eigenvalue weighted by atomic mass is 9.74. The lowest BCUT2D eigenvalue weighted by molar-refractivity contribution is -0.121. The molecule has 0 saturated heterocycles. The molecule has 25 rings (SSSR count). The third kappa shape index (κ3) is 21.2. The summed E-state index contributed by atoms with van der Waals surface area (Å²) in [5.74, 6) is 5.01. The van der Waals surface area contributed by atoms with E-state index in [1.54, 1.807) is 36.4 Å². The van der Waals surface area contributed by atoms with Crippen LogP contribution >= 0.6 is 34.8 Å². The first-order valence-electron chi connectivity index (χ1n) is 51.4. The number of halogens is 6. The van der Waals surface area contributed by atoms with Crippen molar-refractivity contribution in [3.05, 3.63) is 386 Å². The van der Waals surface area contributed by atoms with Gasteiger partial charge in [-0.3, -0.25) is 48.9 Å². The molecule has 5 spiro atoms. The second kappa shape index (κ2) is 40.9. The lowest BCUT2D eigenvalue weighted by Gasteiger charge is -2.30. The molecule has 10 aromatic carbocycles. The second-order valence-electron chi connectivity index (χ2n) is 43.1. The van der Waals surface area contributed by atoms with Gasteiger partial charge in [-0.05, 0) is 406 Å². The number of aromatic nitrogens is 5. The van der Waals surface area contributed by atoms with Crippen LogP contribution in [-0.2, 0) is 56.1 Å². The summed E-state index contributed by atoms with van der Waals surface area (Å²) >= 11 is 17.8. The monoisotopic (exact) mass is 1930 g/mol. The molecule has 10 saturated carbocycles. The van der Waals surface area contributed by atoms with Gasteiger partial charge in [0.15, 0.2) is 0 Å². The summed E-state index contributed by atoms with van der Waals surface area (Å²) in [4.78, 5) is 86.1. The van der Waals surface area contributed by atoms with Crippen molar-refractivity contribution in [1.29, 1.82) is 0 Å². The van der Waals surface area contributed by atoms with E-state index in [2.05, 4.69) is 110 Å². The highest BCUT2D eigenvalue weighted by molar-refractivity contribution is 6.31. The molecule has 141 heavy (non-hydrogen) atoms. The molecule has 0 aliphatic heterocycles. The molecule has 15 aromatic rings. The molecular weight excluding hydrogens is 1810 g/mol. The van der Waals surface area contributed by atoms with Gasteiger partial charge in [-0.25, -0.2) is 13.2 Å². The van der Waals surface area contributed by atoms with Crippen LogP contribution in [0.5, 0.6) is 0 Å². The standard InChI is InChI=1S/3C25H23ClFNO.2C25H25NO/c3*26-18-3-1-16(2-4-18)13-24(29)22-15-25(22)10-7-17(8-11-25)20-9-12-28-23-6-5-19(27)14-21(20)23;2*27-24(16-18-6-2-1-3-7-18)22-17-25(22)13-10-19(11-14-25)20-12-15-26-23-9-5-4-8-21(20)23/h3*1-6,9,12,14,17,22H,7-8,10-11,13,15H2;2*1-9,12,15,19,22H,10-11,13-14,16-17H2/t2*17?,22-,25?;;19?,22-,25?;/m10.1./s1. The highest BCUT2D eigenvalue weighted by atomic mass is 35.5. The molecule has 5 heterocycles. The minimum atomic E-state index is -0.214. The summed E-state index contributed by atoms with van der Waals surface area (Å²) in [6.07, 6.45) is 39.8. The Bertz CT molecular complexity index is 6540. The van der Waals surface area contributed by atoms with Gasteiger partial charge in [0.2, 0.25) is 0 Å². The largest absolute Gasteiger partial charge is 0.299 e. The number of hydrogen-bond acceptors (Lipinski definition) is 10. The fourth-order valence-corrected chi connectivity index (χ4v) is 26.7. The van der Waals surface area contributed by atoms with E-state index in [1.807, 2.05) is 158 Å². The highest BCUT2D eigenvalue weighted by Gasteiger charge is 2.62. The van der Waals surface area contributed by atoms with Crippen molar-refractivity contribution in [3.63, 3.8) is 0 Å². The van der Waals surface area contributed by atoms with Crippen LogP contribution < -0.4 is 0 Å². The van der Waals surface area contributed by atoms with Crippen molar-refractivity contribution < 1.29 is 37.1 Å². The molecule has 5 aromatic heterocycles. The average Bonchev–Trinajstić information content (AvgIpc) is 1.59. The number of pyridine rings is 5. The molecule has 2 unspecified atom stereocenters. The Morgan fingerprint density at radius 2 is 0.433 bits per heavy atom. The average molecular weight is 1930 g/mol. The Hall–Kier alpha value is -11.7. The van der Waals surface area contributed by atoms with Crippen LogP contribution in [0.3, 0.4) is 0 Å². The number of benzene rings is 10. The van der Waals surface area contributed by atoms with E-state index < -0.39 is 0 Å². The van der Waals surface area contributed by atoms with Gasteiger partial charge >= 0.3 is 0 Å². The highest BCUT2D eigenvalue weighted by Crippen LogP contribution is 2.69. The second-order valence-corrected chi connectivity index (χ2v) is 44.4. The minimum Gasteiger partial charge on any atom is -0.299 e. The first-order valence-corrected chi connectivity index (χ1v) is 52.5. The maximum Gasteiger partial charge on any atom is 0.140 e. The summed E-state index contributed by atoms with van der Waals surface area (Å²) in [7, 11) is 0. The molecule has 0 bridgehead atoms. The molecule has 10 nitrogen and oxygen atoms in total. The smallest absolute Gasteiger partial charge is 0.140 e. The first-order chi connectivity index (χ1) is 68.6. The van der Waals surface area contributed by atoms with E-state index in [0.29, 0.717) is 128 Å². The quantitative estimate of drug-likeness (QED) is 0.0721. The van der Waals surface area contributed by atoms with E-state index in [-0.39, 0.29) is 51.5 Å². The van der Waals surface area contributed by atoms with E-state index >= 15 is 0 Å². The number of hydrogen-bond donors (Lipinski definition) is 0. The minimum absolute atomic E-state index is 0.200. The topological polar surface area (TPSA) is 150 Å². The molecule has 0 amide bonds. The molecule has 0 radical (unpaired) electrons. The Morgan fingerprint density at radius 3 is 0.667 bits per heavy atom. The van der Waals surface area contributed by atoms with Crippen molar-refractivity contribution in [3.8, 4) is 0 Å². The maximum atomic E-state index is 13.8. The fraction of sp³-hybridized carbons (Fsp3) is 0.360. The van der Waals surface area contributed by atoms with Crippen molar-refractivity contribution in [2.45, 2.75) is 222 Å². The Morgan fingerprint density at radius 1 is 0.234 bits per heavy atom. The Balaban J connectivity index is 0.000000104. The number of Topliss-reactive ketones (excluding diaryl/α,β-unsaturated/α-hetero) is 5.